The fourth-order valence-corrected chi connectivity index (χ4v) is 4.27. The fraction of sp³-hybridized carbons (Fsp3) is 0.174. The number of rotatable bonds is 6. The number of nitrogens with one attached hydrogen (secondary N) is 3. The summed E-state index contributed by atoms with van der Waals surface area (Å²) in [6.07, 6.45) is 4.93. The van der Waals surface area contributed by atoms with Crippen molar-refractivity contribution in [3.05, 3.63) is 82.1 Å². The van der Waals surface area contributed by atoms with E-state index in [0.29, 0.717) is 44.4 Å². The zero-order chi connectivity index (χ0) is 23.2. The van der Waals surface area contributed by atoms with E-state index in [2.05, 4.69) is 30.7 Å². The molecule has 3 aromatic heterocycles. The highest BCUT2D eigenvalue weighted by molar-refractivity contribution is 6.35. The Bertz CT molecular complexity index is 1580. The molecule has 0 spiro atoms. The fourth-order valence-electron chi connectivity index (χ4n) is 4.02. The van der Waals surface area contributed by atoms with Gasteiger partial charge in [0.2, 0.25) is 0 Å². The van der Waals surface area contributed by atoms with Gasteiger partial charge < -0.3 is 10.3 Å². The maximum absolute atomic E-state index is 13.6. The van der Waals surface area contributed by atoms with E-state index in [-0.39, 0.29) is 23.3 Å². The summed E-state index contributed by atoms with van der Waals surface area (Å²) < 4.78 is 14.8. The molecule has 0 saturated heterocycles. The first-order valence-corrected chi connectivity index (χ1v) is 11.1. The van der Waals surface area contributed by atoms with Gasteiger partial charge in [-0.05, 0) is 55.2 Å². The van der Waals surface area contributed by atoms with Crippen molar-refractivity contribution in [1.29, 1.82) is 0 Å². The monoisotopic (exact) mass is 476 g/mol. The lowest BCUT2D eigenvalue weighted by molar-refractivity contribution is 0.596. The van der Waals surface area contributed by atoms with E-state index in [1.165, 1.54) is 23.1 Å². The van der Waals surface area contributed by atoms with Gasteiger partial charge in [0, 0.05) is 0 Å². The number of halogens is 2. The maximum Gasteiger partial charge on any atom is 0.281 e. The van der Waals surface area contributed by atoms with Crippen molar-refractivity contribution in [3.8, 4) is 0 Å². The largest absolute Gasteiger partial charge is 0.358 e. The average Bonchev–Trinajstić information content (AvgIpc) is 3.56. The van der Waals surface area contributed by atoms with Crippen LogP contribution in [0.4, 0.5) is 15.9 Å². The van der Waals surface area contributed by atoms with Crippen LogP contribution in [0.15, 0.2) is 59.9 Å². The van der Waals surface area contributed by atoms with Crippen LogP contribution in [0.25, 0.3) is 22.1 Å². The van der Waals surface area contributed by atoms with Crippen LogP contribution in [0, 0.1) is 11.7 Å². The zero-order valence-electron chi connectivity index (χ0n) is 17.7. The Balaban J connectivity index is 1.52. The molecule has 0 aliphatic heterocycles. The Morgan fingerprint density at radius 2 is 1.94 bits per heavy atom. The number of fused-ring (bicyclic) bond motifs is 2. The molecule has 0 amide bonds. The van der Waals surface area contributed by atoms with Crippen molar-refractivity contribution < 1.29 is 4.39 Å². The second kappa shape index (κ2) is 8.07. The van der Waals surface area contributed by atoms with Gasteiger partial charge in [-0.3, -0.25) is 10.2 Å². The average molecular weight is 477 g/mol. The number of benzene rings is 2. The third-order valence-electron chi connectivity index (χ3n) is 5.84. The first-order valence-electron chi connectivity index (χ1n) is 10.7. The molecule has 0 unspecified atom stereocenters. The molecular weight excluding hydrogens is 459 g/mol. The lowest BCUT2D eigenvalue weighted by Crippen LogP contribution is -2.34. The van der Waals surface area contributed by atoms with Crippen LogP contribution in [0.1, 0.15) is 24.7 Å². The highest BCUT2D eigenvalue weighted by atomic mass is 35.5. The molecule has 1 fully saturated rings. The third-order valence-corrected chi connectivity index (χ3v) is 6.15. The van der Waals surface area contributed by atoms with Gasteiger partial charge in [0.15, 0.2) is 17.3 Å². The van der Waals surface area contributed by atoms with Crippen LogP contribution in [-0.4, -0.2) is 29.6 Å². The standard InChI is InChI=1S/C23H18ClFN8O/c24-15-2-1-3-16-17(15)23(34)33(32-14-8-6-13(25)7-9-14)22(30-16)18(12-4-5-12)31-21-19-20(27-10-26-19)28-11-29-21/h1-3,6-12,18,32H,4-5H2,(H2,26,27,28,29,31)/t18-/m0/s1. The Morgan fingerprint density at radius 3 is 2.74 bits per heavy atom. The number of anilines is 2. The third kappa shape index (κ3) is 3.61. The minimum absolute atomic E-state index is 0.230. The summed E-state index contributed by atoms with van der Waals surface area (Å²) in [5.74, 6) is 0.863. The number of aromatic nitrogens is 6. The van der Waals surface area contributed by atoms with Gasteiger partial charge in [0.1, 0.15) is 17.7 Å². The maximum atomic E-state index is 13.6. The second-order valence-electron chi connectivity index (χ2n) is 8.14. The Hall–Kier alpha value is -4.05. The summed E-state index contributed by atoms with van der Waals surface area (Å²) in [6, 6.07) is 10.6. The van der Waals surface area contributed by atoms with Gasteiger partial charge in [0.05, 0.1) is 34.0 Å². The van der Waals surface area contributed by atoms with Crippen LogP contribution in [0.2, 0.25) is 5.02 Å². The second-order valence-corrected chi connectivity index (χ2v) is 8.55. The molecule has 34 heavy (non-hydrogen) atoms. The summed E-state index contributed by atoms with van der Waals surface area (Å²) in [5, 5.41) is 4.05. The van der Waals surface area contributed by atoms with Crippen molar-refractivity contribution in [1.82, 2.24) is 29.6 Å². The molecule has 0 radical (unpaired) electrons. The van der Waals surface area contributed by atoms with Gasteiger partial charge >= 0.3 is 0 Å². The Morgan fingerprint density at radius 1 is 1.12 bits per heavy atom. The van der Waals surface area contributed by atoms with E-state index in [0.717, 1.165) is 12.8 Å². The molecule has 1 aliphatic carbocycles. The quantitative estimate of drug-likeness (QED) is 0.335. The highest BCUT2D eigenvalue weighted by Gasteiger charge is 2.37. The predicted octanol–water partition coefficient (Wildman–Crippen LogP) is 4.29. The molecule has 1 aliphatic rings. The van der Waals surface area contributed by atoms with Gasteiger partial charge in [0.25, 0.3) is 5.56 Å². The number of hydrogen-bond donors (Lipinski definition) is 3. The Labute approximate surface area is 197 Å². The zero-order valence-corrected chi connectivity index (χ0v) is 18.4. The number of aromatic amines is 1. The van der Waals surface area contributed by atoms with Crippen molar-refractivity contribution >= 4 is 45.2 Å². The smallest absolute Gasteiger partial charge is 0.281 e. The van der Waals surface area contributed by atoms with Crippen LogP contribution in [0.3, 0.4) is 0 Å². The topological polar surface area (TPSA) is 113 Å². The molecule has 2 aromatic carbocycles. The van der Waals surface area contributed by atoms with Crippen LogP contribution >= 0.6 is 11.6 Å². The van der Waals surface area contributed by atoms with E-state index in [9.17, 15) is 9.18 Å². The molecule has 9 nitrogen and oxygen atoms in total. The SMILES string of the molecule is O=c1c2c(Cl)cccc2nc([C@@H](Nc2ncnc3[nH]cnc23)C2CC2)n1Nc1ccc(F)cc1. The first kappa shape index (κ1) is 20.5. The van der Waals surface area contributed by atoms with Crippen molar-refractivity contribution in [3.63, 3.8) is 0 Å². The summed E-state index contributed by atoms with van der Waals surface area (Å²) in [4.78, 5) is 34.3. The summed E-state index contributed by atoms with van der Waals surface area (Å²) in [7, 11) is 0. The van der Waals surface area contributed by atoms with Gasteiger partial charge in [-0.15, -0.1) is 0 Å². The first-order chi connectivity index (χ1) is 16.6. The number of imidazole rings is 1. The van der Waals surface area contributed by atoms with Crippen LogP contribution < -0.4 is 16.3 Å². The molecule has 3 heterocycles. The lowest BCUT2D eigenvalue weighted by atomic mass is 10.1. The van der Waals surface area contributed by atoms with Crippen LogP contribution in [0.5, 0.6) is 0 Å². The Kier molecular flexibility index (Phi) is 4.88. The summed E-state index contributed by atoms with van der Waals surface area (Å²) in [6.45, 7) is 0. The van der Waals surface area contributed by atoms with Crippen molar-refractivity contribution in [2.75, 3.05) is 10.7 Å². The lowest BCUT2D eigenvalue weighted by Gasteiger charge is -2.23. The predicted molar refractivity (Wildman–Crippen MR) is 127 cm³/mol. The van der Waals surface area contributed by atoms with E-state index in [4.69, 9.17) is 16.6 Å². The normalized spacial score (nSPS) is 14.4. The molecule has 3 N–H and O–H groups in total. The van der Waals surface area contributed by atoms with Crippen molar-refractivity contribution in [2.45, 2.75) is 18.9 Å². The van der Waals surface area contributed by atoms with Gasteiger partial charge in [-0.25, -0.2) is 29.0 Å². The molecule has 11 heteroatoms. The number of nitrogens with zero attached hydrogens (tertiary/aromatic N) is 5. The molecule has 1 atom stereocenters. The van der Waals surface area contributed by atoms with E-state index < -0.39 is 0 Å². The highest BCUT2D eigenvalue weighted by Crippen LogP contribution is 2.42. The van der Waals surface area contributed by atoms with E-state index >= 15 is 0 Å². The van der Waals surface area contributed by atoms with E-state index in [1.807, 2.05) is 0 Å². The molecule has 1 saturated carbocycles. The molecule has 0 bridgehead atoms. The summed E-state index contributed by atoms with van der Waals surface area (Å²) >= 11 is 6.37. The molecular formula is C23H18ClFN8O. The van der Waals surface area contributed by atoms with Crippen LogP contribution in [-0.2, 0) is 0 Å². The van der Waals surface area contributed by atoms with Crippen molar-refractivity contribution in [2.24, 2.45) is 5.92 Å². The molecule has 170 valence electrons. The minimum atomic E-state index is -0.373. The van der Waals surface area contributed by atoms with Gasteiger partial charge in [-0.1, -0.05) is 17.7 Å². The molecule has 6 rings (SSSR count). The number of hydrogen-bond acceptors (Lipinski definition) is 7. The van der Waals surface area contributed by atoms with Gasteiger partial charge in [-0.2, -0.15) is 0 Å². The minimum Gasteiger partial charge on any atom is -0.358 e. The molecule has 5 aromatic rings. The number of H-pyrrole nitrogens is 1. The van der Waals surface area contributed by atoms with E-state index in [1.54, 1.807) is 36.7 Å². The summed E-state index contributed by atoms with van der Waals surface area (Å²) in [5.41, 5.74) is 4.96.